The van der Waals surface area contributed by atoms with Crippen molar-refractivity contribution in [1.29, 1.82) is 0 Å². The van der Waals surface area contributed by atoms with E-state index >= 15 is 0 Å². The number of amides is 1. The molecule has 29 heavy (non-hydrogen) atoms. The predicted molar refractivity (Wildman–Crippen MR) is 117 cm³/mol. The largest absolute Gasteiger partial charge is 1.00 e. The van der Waals surface area contributed by atoms with E-state index in [1.54, 1.807) is 34.8 Å². The normalized spacial score (nSPS) is 15.4. The molecular formula is C20H15N2NaO3S3. The maximum atomic E-state index is 12.1. The Balaban J connectivity index is 0.000000552. The summed E-state index contributed by atoms with van der Waals surface area (Å²) in [6.45, 7) is 1.08. The third-order valence-electron chi connectivity index (χ3n) is 3.25. The van der Waals surface area contributed by atoms with Crippen molar-refractivity contribution < 1.29 is 44.3 Å². The number of carbonyl (C=O) groups is 2. The van der Waals surface area contributed by atoms with Gasteiger partial charge in [0.2, 0.25) is 0 Å². The summed E-state index contributed by atoms with van der Waals surface area (Å²) in [5, 5.41) is 12.9. The third-order valence-corrected chi connectivity index (χ3v) is 6.25. The van der Waals surface area contributed by atoms with Gasteiger partial charge in [-0.25, -0.2) is 0 Å². The average Bonchev–Trinajstić information content (AvgIpc) is 3.38. The first kappa shape index (κ1) is 23.6. The van der Waals surface area contributed by atoms with Gasteiger partial charge < -0.3 is 10.4 Å². The maximum Gasteiger partial charge on any atom is 1.00 e. The molecule has 0 unspecified atom stereocenters. The van der Waals surface area contributed by atoms with Crippen LogP contribution in [0.1, 0.15) is 11.8 Å². The first-order chi connectivity index (χ1) is 13.5. The summed E-state index contributed by atoms with van der Waals surface area (Å²) in [6.07, 6.45) is 1.92. The van der Waals surface area contributed by atoms with E-state index in [1.807, 2.05) is 30.3 Å². The fourth-order valence-corrected chi connectivity index (χ4v) is 4.85. The van der Waals surface area contributed by atoms with E-state index in [2.05, 4.69) is 33.9 Å². The standard InChI is InChI=1S/C18H11N2OS3.C2H4O2.Na/c21-17-16(24-18(20-17)19-12-5-2-1-3-6-12)11-13-8-9-15(23-13)14-7-4-10-22-14;1-2(3)4;/h2-11H,(H,19,20,21);1H3,(H,3,4);/q-1;;+1. The zero-order valence-electron chi connectivity index (χ0n) is 15.7. The van der Waals surface area contributed by atoms with Crippen LogP contribution in [0.3, 0.4) is 0 Å². The zero-order valence-corrected chi connectivity index (χ0v) is 20.2. The molecule has 0 atom stereocenters. The van der Waals surface area contributed by atoms with Crippen LogP contribution in [0.15, 0.2) is 63.8 Å². The van der Waals surface area contributed by atoms with Crippen LogP contribution in [0.4, 0.5) is 5.69 Å². The molecule has 9 heteroatoms. The van der Waals surface area contributed by atoms with Crippen molar-refractivity contribution in [1.82, 2.24) is 5.32 Å². The molecule has 0 radical (unpaired) electrons. The number of nitrogens with one attached hydrogen (secondary N) is 1. The topological polar surface area (TPSA) is 78.8 Å². The Bertz CT molecular complexity index is 1020. The van der Waals surface area contributed by atoms with E-state index in [0.29, 0.717) is 10.1 Å². The first-order valence-electron chi connectivity index (χ1n) is 8.10. The van der Waals surface area contributed by atoms with Gasteiger partial charge in [0.1, 0.15) is 0 Å². The van der Waals surface area contributed by atoms with Crippen LogP contribution in [0.5, 0.6) is 0 Å². The molecule has 2 N–H and O–H groups in total. The van der Waals surface area contributed by atoms with Crippen LogP contribution < -0.4 is 34.9 Å². The van der Waals surface area contributed by atoms with Gasteiger partial charge in [0.15, 0.2) is 5.17 Å². The molecule has 3 heterocycles. The van der Waals surface area contributed by atoms with Crippen molar-refractivity contribution >= 4 is 63.2 Å². The number of amidine groups is 1. The molecule has 1 saturated heterocycles. The summed E-state index contributed by atoms with van der Waals surface area (Å²) in [7, 11) is 0. The van der Waals surface area contributed by atoms with E-state index < -0.39 is 5.97 Å². The molecular weight excluding hydrogens is 435 g/mol. The van der Waals surface area contributed by atoms with E-state index in [-0.39, 0.29) is 35.5 Å². The molecule has 4 rings (SSSR count). The number of rotatable bonds is 3. The summed E-state index contributed by atoms with van der Waals surface area (Å²) >= 11 is 4.76. The van der Waals surface area contributed by atoms with Crippen LogP contribution in [0.2, 0.25) is 0 Å². The fourth-order valence-electron chi connectivity index (χ4n) is 2.16. The summed E-state index contributed by atoms with van der Waals surface area (Å²) in [6, 6.07) is 18.5. The van der Waals surface area contributed by atoms with Crippen LogP contribution in [0.25, 0.3) is 15.8 Å². The molecule has 0 aliphatic carbocycles. The minimum Gasteiger partial charge on any atom is -0.481 e. The number of hydrogen-bond donors (Lipinski definition) is 2. The quantitative estimate of drug-likeness (QED) is 0.365. The fraction of sp³-hybridized carbons (Fsp3) is 0.0500. The molecule has 1 aliphatic rings. The maximum absolute atomic E-state index is 12.1. The van der Waals surface area contributed by atoms with Crippen LogP contribution in [0, 0.1) is 6.07 Å². The second-order valence-electron chi connectivity index (χ2n) is 5.44. The number of aliphatic carboxylic acids is 1. The molecule has 142 valence electrons. The number of benzene rings is 1. The number of carboxylic acid groups (broad SMARTS) is 1. The molecule has 0 bridgehead atoms. The van der Waals surface area contributed by atoms with E-state index in [9.17, 15) is 4.79 Å². The Labute approximate surface area is 202 Å². The Morgan fingerprint density at radius 1 is 1.17 bits per heavy atom. The Morgan fingerprint density at radius 2 is 1.90 bits per heavy atom. The number of nitrogens with zero attached hydrogens (tertiary/aromatic N) is 1. The van der Waals surface area contributed by atoms with Crippen molar-refractivity contribution in [2.45, 2.75) is 6.92 Å². The van der Waals surface area contributed by atoms with Gasteiger partial charge in [-0.05, 0) is 47.1 Å². The SMILES string of the molecule is CC(=O)O.O=C1NC(=Nc2cc[c-]cc2)SC1=Cc1ccc(-c2cccs2)s1.[Na+]. The number of thiophene rings is 2. The summed E-state index contributed by atoms with van der Waals surface area (Å²) in [5.74, 6) is -0.938. The number of thioether (sulfide) groups is 1. The van der Waals surface area contributed by atoms with Crippen molar-refractivity contribution in [2.24, 2.45) is 4.99 Å². The Morgan fingerprint density at radius 3 is 2.55 bits per heavy atom. The number of carboxylic acids is 1. The van der Waals surface area contributed by atoms with Crippen molar-refractivity contribution in [3.8, 4) is 9.75 Å². The van der Waals surface area contributed by atoms with E-state index in [0.717, 1.165) is 17.5 Å². The molecule has 0 saturated carbocycles. The minimum absolute atomic E-state index is 0. The number of carbonyl (C=O) groups excluding carboxylic acids is 1. The molecule has 1 fully saturated rings. The minimum atomic E-state index is -0.833. The molecule has 5 nitrogen and oxygen atoms in total. The van der Waals surface area contributed by atoms with Gasteiger partial charge in [-0.1, -0.05) is 6.07 Å². The van der Waals surface area contributed by atoms with Gasteiger partial charge >= 0.3 is 29.6 Å². The van der Waals surface area contributed by atoms with Crippen LogP contribution in [-0.4, -0.2) is 22.2 Å². The van der Waals surface area contributed by atoms with Gasteiger partial charge in [0.25, 0.3) is 11.9 Å². The molecule has 1 amide bonds. The molecule has 2 aromatic heterocycles. The van der Waals surface area contributed by atoms with Gasteiger partial charge in [-0.3, -0.25) is 14.6 Å². The van der Waals surface area contributed by atoms with Gasteiger partial charge in [0, 0.05) is 21.6 Å². The molecule has 1 aromatic carbocycles. The zero-order chi connectivity index (χ0) is 19.9. The monoisotopic (exact) mass is 450 g/mol. The summed E-state index contributed by atoms with van der Waals surface area (Å²) in [4.78, 5) is 29.8. The molecule has 1 aliphatic heterocycles. The molecule has 0 spiro atoms. The summed E-state index contributed by atoms with van der Waals surface area (Å²) in [5.41, 5.74) is 0.800. The third kappa shape index (κ3) is 7.26. The average molecular weight is 451 g/mol. The first-order valence-corrected chi connectivity index (χ1v) is 10.6. The summed E-state index contributed by atoms with van der Waals surface area (Å²) < 4.78 is 0. The predicted octanol–water partition coefficient (Wildman–Crippen LogP) is 2.26. The van der Waals surface area contributed by atoms with Crippen molar-refractivity contribution in [2.75, 3.05) is 0 Å². The van der Waals surface area contributed by atoms with Gasteiger partial charge in [-0.15, -0.1) is 34.8 Å². The van der Waals surface area contributed by atoms with Crippen molar-refractivity contribution in [3.63, 3.8) is 0 Å². The van der Waals surface area contributed by atoms with E-state index in [1.165, 1.54) is 21.5 Å². The van der Waals surface area contributed by atoms with E-state index in [4.69, 9.17) is 9.90 Å². The second kappa shape index (κ2) is 11.5. The van der Waals surface area contributed by atoms with Crippen LogP contribution >= 0.6 is 34.4 Å². The second-order valence-corrected chi connectivity index (χ2v) is 8.53. The molecule has 3 aromatic rings. The van der Waals surface area contributed by atoms with Gasteiger partial charge in [-0.2, -0.15) is 18.2 Å². The smallest absolute Gasteiger partial charge is 0.481 e. The van der Waals surface area contributed by atoms with Gasteiger partial charge in [0.05, 0.1) is 4.91 Å². The van der Waals surface area contributed by atoms with Crippen molar-refractivity contribution in [3.05, 3.63) is 69.8 Å². The Kier molecular flexibility index (Phi) is 9.35. The Hall–Kier alpha value is -1.68. The van der Waals surface area contributed by atoms with Crippen LogP contribution in [-0.2, 0) is 9.59 Å². The number of hydrogen-bond acceptors (Lipinski definition) is 6. The number of aliphatic imine (C=N–C) groups is 1.